The second kappa shape index (κ2) is 10.5. The number of amides is 3. The number of rotatable bonds is 6. The van der Waals surface area contributed by atoms with E-state index in [-0.39, 0.29) is 44.0 Å². The van der Waals surface area contributed by atoms with Crippen molar-refractivity contribution >= 4 is 22.0 Å². The summed E-state index contributed by atoms with van der Waals surface area (Å²) in [4.78, 5) is 26.4. The summed E-state index contributed by atoms with van der Waals surface area (Å²) in [6, 6.07) is 5.17. The number of sulfonamides is 1. The number of carbonyl (C=O) groups excluding carboxylic acids is 2. The molecule has 1 heterocycles. The first kappa shape index (κ1) is 23.5. The number of aryl methyl sites for hydroxylation is 2. The largest absolute Gasteiger partial charge is 0.340 e. The molecule has 8 nitrogen and oxygen atoms in total. The van der Waals surface area contributed by atoms with Crippen LogP contribution in [0.5, 0.6) is 0 Å². The Hall–Kier alpha value is -2.13. The molecule has 3 rings (SSSR count). The van der Waals surface area contributed by atoms with Gasteiger partial charge in [0.25, 0.3) is 0 Å². The predicted molar refractivity (Wildman–Crippen MR) is 119 cm³/mol. The van der Waals surface area contributed by atoms with Gasteiger partial charge in [-0.05, 0) is 49.9 Å². The Kier molecular flexibility index (Phi) is 7.94. The van der Waals surface area contributed by atoms with Gasteiger partial charge >= 0.3 is 6.03 Å². The second-order valence-electron chi connectivity index (χ2n) is 8.52. The second-order valence-corrected chi connectivity index (χ2v) is 10.5. The molecule has 0 radical (unpaired) electrons. The lowest BCUT2D eigenvalue weighted by atomic mass is 9.96. The van der Waals surface area contributed by atoms with E-state index in [1.165, 1.54) is 10.7 Å². The minimum absolute atomic E-state index is 0.0683. The molecule has 172 valence electrons. The lowest BCUT2D eigenvalue weighted by Gasteiger charge is -2.34. The molecule has 0 bridgehead atoms. The SMILES string of the molecule is Cc1ccc(S(=O)(=O)N2CCN(C(=O)CCNC(=O)NC3CCCCC3)CC2)cc1C. The highest BCUT2D eigenvalue weighted by molar-refractivity contribution is 7.89. The fraction of sp³-hybridized carbons (Fsp3) is 0.636. The molecule has 1 saturated heterocycles. The van der Waals surface area contributed by atoms with Crippen molar-refractivity contribution in [3.63, 3.8) is 0 Å². The van der Waals surface area contributed by atoms with Crippen molar-refractivity contribution in [3.05, 3.63) is 29.3 Å². The molecular weight excluding hydrogens is 416 g/mol. The maximum Gasteiger partial charge on any atom is 0.315 e. The van der Waals surface area contributed by atoms with Gasteiger partial charge < -0.3 is 15.5 Å². The minimum atomic E-state index is -3.56. The Bertz CT molecular complexity index is 889. The molecule has 2 fully saturated rings. The molecule has 2 aliphatic rings. The molecule has 1 aliphatic heterocycles. The third kappa shape index (κ3) is 6.20. The predicted octanol–water partition coefficient (Wildman–Crippen LogP) is 2.16. The minimum Gasteiger partial charge on any atom is -0.340 e. The number of hydrogen-bond acceptors (Lipinski definition) is 4. The maximum atomic E-state index is 12.9. The third-order valence-corrected chi connectivity index (χ3v) is 8.17. The average Bonchev–Trinajstić information content (AvgIpc) is 2.76. The van der Waals surface area contributed by atoms with Gasteiger partial charge in [-0.2, -0.15) is 4.31 Å². The van der Waals surface area contributed by atoms with E-state index in [0.29, 0.717) is 18.0 Å². The van der Waals surface area contributed by atoms with Gasteiger partial charge in [0, 0.05) is 45.2 Å². The van der Waals surface area contributed by atoms with Crippen molar-refractivity contribution in [2.45, 2.75) is 63.3 Å². The van der Waals surface area contributed by atoms with E-state index in [1.807, 2.05) is 19.9 Å². The summed E-state index contributed by atoms with van der Waals surface area (Å²) in [7, 11) is -3.56. The van der Waals surface area contributed by atoms with Gasteiger partial charge in [-0.3, -0.25) is 4.79 Å². The van der Waals surface area contributed by atoms with Gasteiger partial charge in [0.2, 0.25) is 15.9 Å². The number of piperazine rings is 1. The van der Waals surface area contributed by atoms with E-state index >= 15 is 0 Å². The molecule has 1 aromatic carbocycles. The summed E-state index contributed by atoms with van der Waals surface area (Å²) in [5.74, 6) is -0.0683. The van der Waals surface area contributed by atoms with E-state index in [0.717, 1.165) is 36.8 Å². The molecule has 1 aromatic rings. The van der Waals surface area contributed by atoms with E-state index in [4.69, 9.17) is 0 Å². The smallest absolute Gasteiger partial charge is 0.315 e. The lowest BCUT2D eigenvalue weighted by Crippen LogP contribution is -2.51. The van der Waals surface area contributed by atoms with Crippen LogP contribution in [-0.2, 0) is 14.8 Å². The Morgan fingerprint density at radius 1 is 1.00 bits per heavy atom. The van der Waals surface area contributed by atoms with Gasteiger partial charge in [0.05, 0.1) is 4.90 Å². The van der Waals surface area contributed by atoms with Crippen LogP contribution in [0.4, 0.5) is 4.79 Å². The summed E-state index contributed by atoms with van der Waals surface area (Å²) in [6.07, 6.45) is 5.77. The molecule has 0 spiro atoms. The Morgan fingerprint density at radius 2 is 1.68 bits per heavy atom. The van der Waals surface area contributed by atoms with Crippen LogP contribution < -0.4 is 10.6 Å². The van der Waals surface area contributed by atoms with Gasteiger partial charge in [-0.25, -0.2) is 13.2 Å². The fourth-order valence-electron chi connectivity index (χ4n) is 4.13. The lowest BCUT2D eigenvalue weighted by molar-refractivity contribution is -0.132. The number of hydrogen-bond donors (Lipinski definition) is 2. The van der Waals surface area contributed by atoms with E-state index in [1.54, 1.807) is 17.0 Å². The molecular formula is C22H34N4O4S. The average molecular weight is 451 g/mol. The summed E-state index contributed by atoms with van der Waals surface area (Å²) in [5, 5.41) is 5.73. The summed E-state index contributed by atoms with van der Waals surface area (Å²) in [6.45, 7) is 5.39. The van der Waals surface area contributed by atoms with Gasteiger partial charge in [-0.1, -0.05) is 25.3 Å². The highest BCUT2D eigenvalue weighted by atomic mass is 32.2. The molecule has 9 heteroatoms. The van der Waals surface area contributed by atoms with Crippen LogP contribution in [0.2, 0.25) is 0 Å². The van der Waals surface area contributed by atoms with Gasteiger partial charge in [0.15, 0.2) is 0 Å². The van der Waals surface area contributed by atoms with E-state index in [9.17, 15) is 18.0 Å². The maximum absolute atomic E-state index is 12.9. The molecule has 1 aliphatic carbocycles. The topological polar surface area (TPSA) is 98.8 Å². The first-order valence-corrected chi connectivity index (χ1v) is 12.6. The Labute approximate surface area is 185 Å². The zero-order chi connectivity index (χ0) is 22.4. The zero-order valence-electron chi connectivity index (χ0n) is 18.5. The van der Waals surface area contributed by atoms with Crippen LogP contribution in [0.15, 0.2) is 23.1 Å². The van der Waals surface area contributed by atoms with Crippen molar-refractivity contribution in [2.75, 3.05) is 32.7 Å². The van der Waals surface area contributed by atoms with E-state index < -0.39 is 10.0 Å². The normalized spacial score (nSPS) is 18.6. The molecule has 0 atom stereocenters. The highest BCUT2D eigenvalue weighted by Crippen LogP contribution is 2.21. The van der Waals surface area contributed by atoms with Gasteiger partial charge in [0.1, 0.15) is 0 Å². The molecule has 1 saturated carbocycles. The quantitative estimate of drug-likeness (QED) is 0.694. The van der Waals surface area contributed by atoms with Crippen LogP contribution in [0, 0.1) is 13.8 Å². The zero-order valence-corrected chi connectivity index (χ0v) is 19.3. The standard InChI is InChI=1S/C22H34N4O4S/c1-17-8-9-20(16-18(17)2)31(29,30)26-14-12-25(13-15-26)21(27)10-11-23-22(28)24-19-6-4-3-5-7-19/h8-9,16,19H,3-7,10-15H2,1-2H3,(H2,23,24,28). The Balaban J connectivity index is 1.42. The fourth-order valence-corrected chi connectivity index (χ4v) is 5.63. The first-order valence-electron chi connectivity index (χ1n) is 11.2. The molecule has 0 aromatic heterocycles. The van der Waals surface area contributed by atoms with Crippen LogP contribution in [-0.4, -0.2) is 68.3 Å². The number of nitrogens with zero attached hydrogens (tertiary/aromatic N) is 2. The molecule has 31 heavy (non-hydrogen) atoms. The monoisotopic (exact) mass is 450 g/mol. The number of nitrogens with one attached hydrogen (secondary N) is 2. The third-order valence-electron chi connectivity index (χ3n) is 6.27. The number of carbonyl (C=O) groups is 2. The number of urea groups is 1. The van der Waals surface area contributed by atoms with Crippen molar-refractivity contribution in [1.29, 1.82) is 0 Å². The first-order chi connectivity index (χ1) is 14.8. The van der Waals surface area contributed by atoms with Gasteiger partial charge in [-0.15, -0.1) is 0 Å². The van der Waals surface area contributed by atoms with E-state index in [2.05, 4.69) is 10.6 Å². The molecule has 0 unspecified atom stereocenters. The Morgan fingerprint density at radius 3 is 2.32 bits per heavy atom. The van der Waals surface area contributed by atoms with Crippen molar-refractivity contribution in [2.24, 2.45) is 0 Å². The van der Waals surface area contributed by atoms with Crippen molar-refractivity contribution in [3.8, 4) is 0 Å². The highest BCUT2D eigenvalue weighted by Gasteiger charge is 2.30. The summed E-state index contributed by atoms with van der Waals surface area (Å²) < 4.78 is 27.3. The number of benzene rings is 1. The van der Waals surface area contributed by atoms with Crippen LogP contribution in [0.1, 0.15) is 49.7 Å². The van der Waals surface area contributed by atoms with Crippen molar-refractivity contribution < 1.29 is 18.0 Å². The van der Waals surface area contributed by atoms with Crippen LogP contribution in [0.25, 0.3) is 0 Å². The molecule has 2 N–H and O–H groups in total. The molecule has 3 amide bonds. The van der Waals surface area contributed by atoms with Crippen LogP contribution in [0.3, 0.4) is 0 Å². The summed E-state index contributed by atoms with van der Waals surface area (Å²) in [5.41, 5.74) is 1.99. The van der Waals surface area contributed by atoms with Crippen molar-refractivity contribution in [1.82, 2.24) is 19.8 Å². The van der Waals surface area contributed by atoms with Crippen LogP contribution >= 0.6 is 0 Å². The summed E-state index contributed by atoms with van der Waals surface area (Å²) >= 11 is 0.